The van der Waals surface area contributed by atoms with Crippen molar-refractivity contribution in [2.45, 2.75) is 36.6 Å². The van der Waals surface area contributed by atoms with Gasteiger partial charge in [0.15, 0.2) is 0 Å². The maximum atomic E-state index is 10.1. The van der Waals surface area contributed by atoms with E-state index in [0.29, 0.717) is 11.8 Å². The fraction of sp³-hybridized carbons (Fsp3) is 0.357. The highest BCUT2D eigenvalue weighted by Crippen LogP contribution is 2.24. The Balaban J connectivity index is 2.00. The predicted octanol–water partition coefficient (Wildman–Crippen LogP) is 3.12. The summed E-state index contributed by atoms with van der Waals surface area (Å²) in [6.07, 6.45) is 4.80. The van der Waals surface area contributed by atoms with Gasteiger partial charge in [0.05, 0.1) is 19.0 Å². The van der Waals surface area contributed by atoms with Gasteiger partial charge < -0.3 is 9.67 Å². The fourth-order valence-electron chi connectivity index (χ4n) is 1.74. The quantitative estimate of drug-likeness (QED) is 0.841. The zero-order chi connectivity index (χ0) is 13.0. The van der Waals surface area contributed by atoms with Crippen molar-refractivity contribution in [3.63, 3.8) is 0 Å². The third-order valence-corrected chi connectivity index (χ3v) is 3.60. The van der Waals surface area contributed by atoms with Gasteiger partial charge in [0.1, 0.15) is 0 Å². The molecule has 3 nitrogen and oxygen atoms in total. The number of aliphatic hydroxyl groups excluding tert-OH is 1. The summed E-state index contributed by atoms with van der Waals surface area (Å²) in [7, 11) is 0. The van der Waals surface area contributed by atoms with Gasteiger partial charge in [-0.3, -0.25) is 0 Å². The number of nitrogens with zero attached hydrogens (tertiary/aromatic N) is 2. The molecule has 0 fully saturated rings. The van der Waals surface area contributed by atoms with Gasteiger partial charge in [0.25, 0.3) is 0 Å². The Kier molecular flexibility index (Phi) is 4.44. The standard InChI is InChI=1S/C14H18N2OS/c1-11(2)18-13-5-3-12(4-6-13)14(17)9-16-8-7-15-10-16/h3-8,10-11,14,17H,9H2,1-2H3. The van der Waals surface area contributed by atoms with E-state index in [2.05, 4.69) is 31.0 Å². The molecule has 1 unspecified atom stereocenters. The number of hydrogen-bond donors (Lipinski definition) is 1. The molecule has 0 aliphatic rings. The van der Waals surface area contributed by atoms with E-state index < -0.39 is 6.10 Å². The van der Waals surface area contributed by atoms with Crippen molar-refractivity contribution >= 4 is 11.8 Å². The number of aromatic nitrogens is 2. The molecule has 0 saturated carbocycles. The normalized spacial score (nSPS) is 12.9. The van der Waals surface area contributed by atoms with Crippen molar-refractivity contribution in [1.29, 1.82) is 0 Å². The second kappa shape index (κ2) is 6.07. The van der Waals surface area contributed by atoms with Crippen LogP contribution in [0.5, 0.6) is 0 Å². The van der Waals surface area contributed by atoms with Crippen LogP contribution in [0.2, 0.25) is 0 Å². The summed E-state index contributed by atoms with van der Waals surface area (Å²) in [5.41, 5.74) is 0.941. The third-order valence-electron chi connectivity index (χ3n) is 2.58. The minimum absolute atomic E-state index is 0.489. The summed E-state index contributed by atoms with van der Waals surface area (Å²) in [6, 6.07) is 8.12. The van der Waals surface area contributed by atoms with E-state index >= 15 is 0 Å². The molecule has 1 heterocycles. The summed E-state index contributed by atoms with van der Waals surface area (Å²) in [5, 5.41) is 10.7. The second-order valence-corrected chi connectivity index (χ2v) is 6.16. The Labute approximate surface area is 112 Å². The van der Waals surface area contributed by atoms with Crippen LogP contribution in [0.25, 0.3) is 0 Å². The summed E-state index contributed by atoms with van der Waals surface area (Å²) in [5.74, 6) is 0. The summed E-state index contributed by atoms with van der Waals surface area (Å²) < 4.78 is 1.88. The van der Waals surface area contributed by atoms with E-state index in [1.165, 1.54) is 4.90 Å². The van der Waals surface area contributed by atoms with Gasteiger partial charge in [-0.1, -0.05) is 26.0 Å². The molecule has 2 rings (SSSR count). The molecule has 0 aliphatic heterocycles. The highest BCUT2D eigenvalue weighted by atomic mass is 32.2. The lowest BCUT2D eigenvalue weighted by molar-refractivity contribution is 0.156. The van der Waals surface area contributed by atoms with Crippen LogP contribution in [0.15, 0.2) is 47.9 Å². The number of imidazole rings is 1. The monoisotopic (exact) mass is 262 g/mol. The van der Waals surface area contributed by atoms with Crippen molar-refractivity contribution < 1.29 is 5.11 Å². The summed E-state index contributed by atoms with van der Waals surface area (Å²) in [6.45, 7) is 4.88. The number of hydrogen-bond acceptors (Lipinski definition) is 3. The summed E-state index contributed by atoms with van der Waals surface area (Å²) >= 11 is 1.83. The molecule has 0 amide bonds. The van der Waals surface area contributed by atoms with E-state index in [-0.39, 0.29) is 0 Å². The molecule has 2 aromatic rings. The third kappa shape index (κ3) is 3.62. The minimum atomic E-state index is -0.489. The first-order chi connectivity index (χ1) is 8.65. The Morgan fingerprint density at radius 2 is 2.00 bits per heavy atom. The van der Waals surface area contributed by atoms with Crippen molar-refractivity contribution in [2.24, 2.45) is 0 Å². The summed E-state index contributed by atoms with van der Waals surface area (Å²) in [4.78, 5) is 5.20. The first-order valence-corrected chi connectivity index (χ1v) is 6.93. The molecule has 4 heteroatoms. The van der Waals surface area contributed by atoms with Crippen molar-refractivity contribution in [1.82, 2.24) is 9.55 Å². The first-order valence-electron chi connectivity index (χ1n) is 6.05. The molecule has 0 saturated heterocycles. The van der Waals surface area contributed by atoms with Crippen molar-refractivity contribution in [3.8, 4) is 0 Å². The Hall–Kier alpha value is -1.26. The van der Waals surface area contributed by atoms with Gasteiger partial charge in [-0.25, -0.2) is 4.98 Å². The zero-order valence-corrected chi connectivity index (χ0v) is 11.5. The second-order valence-electron chi connectivity index (χ2n) is 4.51. The molecular formula is C14H18N2OS. The van der Waals surface area contributed by atoms with Gasteiger partial charge in [0.2, 0.25) is 0 Å². The van der Waals surface area contributed by atoms with Crippen LogP contribution in [0.3, 0.4) is 0 Å². The number of benzene rings is 1. The van der Waals surface area contributed by atoms with Crippen LogP contribution in [0.1, 0.15) is 25.5 Å². The Morgan fingerprint density at radius 1 is 1.28 bits per heavy atom. The van der Waals surface area contributed by atoms with Gasteiger partial charge >= 0.3 is 0 Å². The smallest absolute Gasteiger partial charge is 0.0969 e. The maximum Gasteiger partial charge on any atom is 0.0969 e. The predicted molar refractivity (Wildman–Crippen MR) is 74.6 cm³/mol. The van der Waals surface area contributed by atoms with E-state index in [0.717, 1.165) is 5.56 Å². The topological polar surface area (TPSA) is 38.0 Å². The number of thioether (sulfide) groups is 1. The van der Waals surface area contributed by atoms with Gasteiger partial charge in [-0.15, -0.1) is 11.8 Å². The van der Waals surface area contributed by atoms with E-state index in [1.54, 1.807) is 12.5 Å². The average molecular weight is 262 g/mol. The van der Waals surface area contributed by atoms with Crippen LogP contribution in [-0.2, 0) is 6.54 Å². The first kappa shape index (κ1) is 13.2. The minimum Gasteiger partial charge on any atom is -0.387 e. The van der Waals surface area contributed by atoms with Crippen LogP contribution < -0.4 is 0 Å². The number of aliphatic hydroxyl groups is 1. The largest absolute Gasteiger partial charge is 0.387 e. The van der Waals surface area contributed by atoms with E-state index in [1.807, 2.05) is 34.7 Å². The van der Waals surface area contributed by atoms with Crippen molar-refractivity contribution in [2.75, 3.05) is 0 Å². The van der Waals surface area contributed by atoms with Crippen LogP contribution in [0.4, 0.5) is 0 Å². The van der Waals surface area contributed by atoms with Crippen LogP contribution in [0, 0.1) is 0 Å². The molecular weight excluding hydrogens is 244 g/mol. The highest BCUT2D eigenvalue weighted by molar-refractivity contribution is 7.99. The lowest BCUT2D eigenvalue weighted by Crippen LogP contribution is -2.06. The molecule has 1 aromatic heterocycles. The molecule has 1 aromatic carbocycles. The molecule has 1 N–H and O–H groups in total. The Morgan fingerprint density at radius 3 is 2.56 bits per heavy atom. The highest BCUT2D eigenvalue weighted by Gasteiger charge is 2.08. The molecule has 0 spiro atoms. The Bertz CT molecular complexity index is 465. The van der Waals surface area contributed by atoms with Gasteiger partial charge in [0, 0.05) is 22.5 Å². The lowest BCUT2D eigenvalue weighted by Gasteiger charge is -2.12. The van der Waals surface area contributed by atoms with Gasteiger partial charge in [-0.2, -0.15) is 0 Å². The molecule has 18 heavy (non-hydrogen) atoms. The lowest BCUT2D eigenvalue weighted by atomic mass is 10.1. The van der Waals surface area contributed by atoms with Gasteiger partial charge in [-0.05, 0) is 17.7 Å². The average Bonchev–Trinajstić information content (AvgIpc) is 2.82. The maximum absolute atomic E-state index is 10.1. The fourth-order valence-corrected chi connectivity index (χ4v) is 2.58. The SMILES string of the molecule is CC(C)Sc1ccc(C(O)Cn2ccnc2)cc1. The number of rotatable bonds is 5. The zero-order valence-electron chi connectivity index (χ0n) is 10.7. The molecule has 0 aliphatic carbocycles. The molecule has 0 bridgehead atoms. The van der Waals surface area contributed by atoms with Crippen LogP contribution >= 0.6 is 11.8 Å². The van der Waals surface area contributed by atoms with Crippen LogP contribution in [-0.4, -0.2) is 19.9 Å². The molecule has 96 valence electrons. The van der Waals surface area contributed by atoms with Crippen molar-refractivity contribution in [3.05, 3.63) is 48.5 Å². The molecule has 0 radical (unpaired) electrons. The van der Waals surface area contributed by atoms with E-state index in [9.17, 15) is 5.11 Å². The molecule has 1 atom stereocenters. The van der Waals surface area contributed by atoms with E-state index in [4.69, 9.17) is 0 Å².